The van der Waals surface area contributed by atoms with E-state index in [1.807, 2.05) is 42.5 Å². The molecule has 1 heterocycles. The van der Waals surface area contributed by atoms with Crippen LogP contribution in [0.15, 0.2) is 53.4 Å². The number of hydrogen-bond acceptors (Lipinski definition) is 5. The molecule has 30 heavy (non-hydrogen) atoms. The number of carbonyl (C=O) groups excluding carboxylic acids is 1. The van der Waals surface area contributed by atoms with Gasteiger partial charge >= 0.3 is 0 Å². The van der Waals surface area contributed by atoms with Crippen molar-refractivity contribution >= 4 is 40.3 Å². The summed E-state index contributed by atoms with van der Waals surface area (Å²) in [6, 6.07) is 16.0. The smallest absolute Gasteiger partial charge is 0.265 e. The number of benzene rings is 2. The van der Waals surface area contributed by atoms with Gasteiger partial charge in [0.15, 0.2) is 0 Å². The summed E-state index contributed by atoms with van der Waals surface area (Å²) in [5.74, 6) is 1.62. The van der Waals surface area contributed by atoms with E-state index < -0.39 is 0 Å². The maximum Gasteiger partial charge on any atom is 0.265 e. The molecule has 0 spiro atoms. The molecule has 0 unspecified atom stereocenters. The van der Waals surface area contributed by atoms with Crippen LogP contribution >= 0.6 is 24.0 Å². The van der Waals surface area contributed by atoms with Gasteiger partial charge in [0.25, 0.3) is 5.91 Å². The second-order valence-corrected chi connectivity index (χ2v) is 9.81. The number of carbonyl (C=O) groups is 1. The second kappa shape index (κ2) is 9.67. The molecular weight excluding hydrogens is 414 g/mol. The molecule has 1 aliphatic rings. The highest BCUT2D eigenvalue weighted by molar-refractivity contribution is 8.26. The van der Waals surface area contributed by atoms with Crippen LogP contribution in [0.3, 0.4) is 0 Å². The molecule has 0 N–H and O–H groups in total. The van der Waals surface area contributed by atoms with Crippen molar-refractivity contribution in [3.05, 3.63) is 64.6 Å². The summed E-state index contributed by atoms with van der Waals surface area (Å²) in [4.78, 5) is 14.2. The predicted molar refractivity (Wildman–Crippen MR) is 128 cm³/mol. The lowest BCUT2D eigenvalue weighted by Gasteiger charge is -2.19. The van der Waals surface area contributed by atoms with Crippen LogP contribution in [-0.4, -0.2) is 35.4 Å². The van der Waals surface area contributed by atoms with Crippen LogP contribution in [0.2, 0.25) is 0 Å². The monoisotopic (exact) mass is 441 g/mol. The zero-order valence-electron chi connectivity index (χ0n) is 17.8. The summed E-state index contributed by atoms with van der Waals surface area (Å²) in [6.45, 7) is 7.78. The molecule has 1 amide bonds. The fraction of sp³-hybridized carbons (Fsp3) is 0.333. The Labute approximate surface area is 188 Å². The lowest BCUT2D eigenvalue weighted by atomic mass is 9.87. The molecule has 1 fully saturated rings. The van der Waals surface area contributed by atoms with Gasteiger partial charge in [-0.25, -0.2) is 0 Å². The molecule has 6 heteroatoms. The van der Waals surface area contributed by atoms with Crippen molar-refractivity contribution in [3.63, 3.8) is 0 Å². The van der Waals surface area contributed by atoms with Crippen molar-refractivity contribution in [2.24, 2.45) is 0 Å². The molecule has 0 radical (unpaired) electrons. The number of ether oxygens (including phenoxy) is 2. The second-order valence-electron chi connectivity index (χ2n) is 8.13. The first-order chi connectivity index (χ1) is 14.2. The van der Waals surface area contributed by atoms with Crippen molar-refractivity contribution in [3.8, 4) is 11.5 Å². The van der Waals surface area contributed by atoms with Crippen molar-refractivity contribution in [2.45, 2.75) is 32.6 Å². The van der Waals surface area contributed by atoms with Gasteiger partial charge in [0, 0.05) is 13.5 Å². The summed E-state index contributed by atoms with van der Waals surface area (Å²) in [6.07, 6.45) is 2.65. The molecule has 0 saturated carbocycles. The first-order valence-corrected chi connectivity index (χ1v) is 11.1. The molecule has 2 aromatic carbocycles. The summed E-state index contributed by atoms with van der Waals surface area (Å²) >= 11 is 6.47. The lowest BCUT2D eigenvalue weighted by molar-refractivity contribution is -0.121. The fourth-order valence-corrected chi connectivity index (χ4v) is 4.03. The zero-order valence-corrected chi connectivity index (χ0v) is 19.4. The number of nitrogens with zero attached hydrogens (tertiary/aromatic N) is 1. The minimum absolute atomic E-state index is 0.0571. The van der Waals surface area contributed by atoms with Gasteiger partial charge in [-0.05, 0) is 46.9 Å². The van der Waals surface area contributed by atoms with Crippen LogP contribution in [-0.2, 0) is 10.2 Å². The number of rotatable bonds is 7. The van der Waals surface area contributed by atoms with Crippen LogP contribution in [0.5, 0.6) is 11.5 Å². The first kappa shape index (κ1) is 22.4. The largest absolute Gasteiger partial charge is 0.493 e. The van der Waals surface area contributed by atoms with Gasteiger partial charge in [-0.2, -0.15) is 0 Å². The molecule has 0 aromatic heterocycles. The van der Waals surface area contributed by atoms with E-state index in [-0.39, 0.29) is 11.3 Å². The van der Waals surface area contributed by atoms with Crippen LogP contribution in [0.4, 0.5) is 0 Å². The molecule has 0 atom stereocenters. The maximum atomic E-state index is 12.1. The summed E-state index contributed by atoms with van der Waals surface area (Å²) in [5.41, 5.74) is 2.38. The molecule has 3 rings (SSSR count). The Kier molecular flexibility index (Phi) is 7.21. The lowest BCUT2D eigenvalue weighted by Crippen LogP contribution is -2.22. The van der Waals surface area contributed by atoms with E-state index in [2.05, 4.69) is 32.9 Å². The third kappa shape index (κ3) is 5.86. The maximum absolute atomic E-state index is 12.1. The highest BCUT2D eigenvalue weighted by Gasteiger charge is 2.28. The highest BCUT2D eigenvalue weighted by Crippen LogP contribution is 2.31. The zero-order chi connectivity index (χ0) is 21.7. The number of hydrogen-bond donors (Lipinski definition) is 0. The average Bonchev–Trinajstić information content (AvgIpc) is 2.95. The van der Waals surface area contributed by atoms with Crippen molar-refractivity contribution in [1.29, 1.82) is 0 Å². The summed E-state index contributed by atoms with van der Waals surface area (Å²) < 4.78 is 12.2. The fourth-order valence-electron chi connectivity index (χ4n) is 2.85. The van der Waals surface area contributed by atoms with Gasteiger partial charge in [-0.1, -0.05) is 69.0 Å². The Hall–Kier alpha value is -2.31. The molecular formula is C24H27NO3S2. The first-order valence-electron chi connectivity index (χ1n) is 9.92. The van der Waals surface area contributed by atoms with Crippen LogP contribution in [0, 0.1) is 0 Å². The van der Waals surface area contributed by atoms with Crippen LogP contribution < -0.4 is 9.47 Å². The standard InChI is InChI=1S/C24H27NO3S2/c1-24(2,3)18-8-12-20(13-9-18)28-15-5-14-27-19-10-6-17(7-11-19)16-21-22(26)25(4)23(29)30-21/h6-13,16H,5,14-15H2,1-4H3. The minimum Gasteiger partial charge on any atom is -0.493 e. The van der Waals surface area contributed by atoms with E-state index in [1.165, 1.54) is 22.2 Å². The molecule has 158 valence electrons. The quantitative estimate of drug-likeness (QED) is 0.315. The summed E-state index contributed by atoms with van der Waals surface area (Å²) in [5, 5.41) is 0. The normalized spacial score (nSPS) is 15.7. The SMILES string of the molecule is CN1C(=O)C(=Cc2ccc(OCCCOc3ccc(C(C)(C)C)cc3)cc2)SC1=S. The molecule has 0 aliphatic carbocycles. The third-order valence-electron chi connectivity index (χ3n) is 4.71. The van der Waals surface area contributed by atoms with Crippen LogP contribution in [0.25, 0.3) is 6.08 Å². The van der Waals surface area contributed by atoms with E-state index in [9.17, 15) is 4.79 Å². The molecule has 1 saturated heterocycles. The van der Waals surface area contributed by atoms with E-state index in [0.717, 1.165) is 23.5 Å². The van der Waals surface area contributed by atoms with Gasteiger partial charge in [0.1, 0.15) is 15.8 Å². The van der Waals surface area contributed by atoms with Crippen LogP contribution in [0.1, 0.15) is 38.3 Å². The Bertz CT molecular complexity index is 928. The highest BCUT2D eigenvalue weighted by atomic mass is 32.2. The number of thioether (sulfide) groups is 1. The Balaban J connectivity index is 1.42. The Morgan fingerprint density at radius 1 is 0.967 bits per heavy atom. The average molecular weight is 442 g/mol. The Morgan fingerprint density at radius 2 is 1.50 bits per heavy atom. The van der Waals surface area contributed by atoms with E-state index in [1.54, 1.807) is 7.05 Å². The topological polar surface area (TPSA) is 38.8 Å². The predicted octanol–water partition coefficient (Wildman–Crippen LogP) is 5.66. The number of amides is 1. The van der Waals surface area contributed by atoms with Crippen molar-refractivity contribution in [1.82, 2.24) is 4.90 Å². The van der Waals surface area contributed by atoms with Gasteiger partial charge in [0.2, 0.25) is 0 Å². The van der Waals surface area contributed by atoms with Gasteiger partial charge in [-0.3, -0.25) is 9.69 Å². The molecule has 2 aromatic rings. The summed E-state index contributed by atoms with van der Waals surface area (Å²) in [7, 11) is 1.69. The number of likely N-dealkylation sites (N-methyl/N-ethyl adjacent to an activating group) is 1. The van der Waals surface area contributed by atoms with Gasteiger partial charge < -0.3 is 9.47 Å². The van der Waals surface area contributed by atoms with Crippen molar-refractivity contribution in [2.75, 3.05) is 20.3 Å². The van der Waals surface area contributed by atoms with E-state index in [4.69, 9.17) is 21.7 Å². The van der Waals surface area contributed by atoms with Crippen molar-refractivity contribution < 1.29 is 14.3 Å². The molecule has 4 nitrogen and oxygen atoms in total. The molecule has 0 bridgehead atoms. The van der Waals surface area contributed by atoms with E-state index in [0.29, 0.717) is 22.4 Å². The van der Waals surface area contributed by atoms with Gasteiger partial charge in [-0.15, -0.1) is 0 Å². The third-order valence-corrected chi connectivity index (χ3v) is 6.20. The molecule has 1 aliphatic heterocycles. The van der Waals surface area contributed by atoms with E-state index >= 15 is 0 Å². The Morgan fingerprint density at radius 3 is 1.97 bits per heavy atom. The van der Waals surface area contributed by atoms with Gasteiger partial charge in [0.05, 0.1) is 18.1 Å². The minimum atomic E-state index is -0.0571. The number of thiocarbonyl (C=S) groups is 1.